The normalized spacial score (nSPS) is 30.5. The van der Waals surface area contributed by atoms with Crippen molar-refractivity contribution in [2.24, 2.45) is 23.7 Å². The lowest BCUT2D eigenvalue weighted by Gasteiger charge is -2.30. The Labute approximate surface area is 470 Å². The average molecular weight is 1140 g/mol. The van der Waals surface area contributed by atoms with Crippen molar-refractivity contribution in [3.05, 3.63) is 41.8 Å². The molecule has 3 fully saturated rings. The van der Waals surface area contributed by atoms with E-state index in [1.54, 1.807) is 13.8 Å². The third-order valence-electron chi connectivity index (χ3n) is 15.0. The molecule has 4 heterocycles. The third-order valence-corrected chi connectivity index (χ3v) is 17.4. The molecule has 0 radical (unpaired) electrons. The summed E-state index contributed by atoms with van der Waals surface area (Å²) in [6.45, 7) is 7.62. The summed E-state index contributed by atoms with van der Waals surface area (Å²) in [5, 5.41) is 45.2. The monoisotopic (exact) mass is 1140 g/mol. The second kappa shape index (κ2) is 31.2. The van der Waals surface area contributed by atoms with Crippen LogP contribution in [0, 0.1) is 23.7 Å². The first kappa shape index (κ1) is 62.3. The van der Waals surface area contributed by atoms with Crippen molar-refractivity contribution in [3.8, 4) is 0 Å². The van der Waals surface area contributed by atoms with E-state index in [9.17, 15) is 48.3 Å². The van der Waals surface area contributed by atoms with E-state index >= 15 is 0 Å². The first-order valence-electron chi connectivity index (χ1n) is 28.0. The fraction of sp³-hybridized carbons (Fsp3) is 0.698. The number of fused-ring (bicyclic) bond motifs is 2. The number of hydrogen-bond acceptors (Lipinski definition) is 16. The molecule has 0 aromatic carbocycles. The quantitative estimate of drug-likeness (QED) is 0.139. The molecular formula is C53H84N14O10S2. The third kappa shape index (κ3) is 19.7. The largest absolute Gasteiger partial charge is 0.388 e. The van der Waals surface area contributed by atoms with Gasteiger partial charge < -0.3 is 68.6 Å². The summed E-state index contributed by atoms with van der Waals surface area (Å²) in [4.78, 5) is 130. The number of carbonyl (C=O) groups is 9. The SMILES string of the molecule is CC(C)C[C@@H]1NC(=O)[C@H](Cc2cnc[nH]2)NC(=O)[C@H](CC2=CNC3CCCCC23)NC(=O)CNC(=O)CCSSCCNC(=O)[C@H](CC2=CNC3CCCCC23)NC(=O)[C@H](C(C)C)NC(=O)CNC(=O)[C@H](C)NC(O)CNC1=O. The van der Waals surface area contributed by atoms with Crippen LogP contribution in [0.25, 0.3) is 0 Å². The molecule has 24 nitrogen and oxygen atoms in total. The lowest BCUT2D eigenvalue weighted by Crippen LogP contribution is -2.58. The predicted octanol–water partition coefficient (Wildman–Crippen LogP) is -0.503. The number of aromatic nitrogens is 2. The van der Waals surface area contributed by atoms with E-state index in [0.29, 0.717) is 17.2 Å². The Bertz CT molecular complexity index is 2340. The van der Waals surface area contributed by atoms with Crippen LogP contribution in [0.1, 0.15) is 117 Å². The standard InChI is InChI=1S/C53H84N14O10S2/c1-29(2)18-39-50(74)60-26-44(69)62-31(5)48(72)59-27-46(71)67-47(30(3)4)53(77)66-40(19-32-22-56-37-12-8-6-10-35(32)37)49(73)55-15-17-79-78-16-14-43(68)58-25-45(70)63-41(20-33-23-57-38-13-9-7-11-36(33)38)51(75)65-42(52(76)64-39)21-34-24-54-28-61-34/h22-24,28-31,35-42,44,47,56-57,62,69H,6-21,25-27H2,1-5H3,(H,54,61)(H,55,73)(H,58,68)(H,59,72)(H,60,74)(H,63,70)(H,64,76)(H,65,75)(H,66,77)(H,67,71)/t31-,35?,36?,37?,38?,39-,40-,41-,42-,44?,47-/m0/s1. The molecule has 9 amide bonds. The summed E-state index contributed by atoms with van der Waals surface area (Å²) in [5.41, 5.74) is 2.50. The summed E-state index contributed by atoms with van der Waals surface area (Å²) in [6.07, 6.45) is 14.1. The molecule has 26 heteroatoms. The van der Waals surface area contributed by atoms with Crippen molar-refractivity contribution >= 4 is 74.8 Å². The molecule has 438 valence electrons. The number of nitrogens with zero attached hydrogens (tertiary/aromatic N) is 1. The predicted molar refractivity (Wildman–Crippen MR) is 300 cm³/mol. The number of hydrogen-bond donors (Lipinski definition) is 14. The maximum Gasteiger partial charge on any atom is 0.243 e. The highest BCUT2D eigenvalue weighted by atomic mass is 33.1. The van der Waals surface area contributed by atoms with Crippen LogP contribution in [0.3, 0.4) is 0 Å². The van der Waals surface area contributed by atoms with Crippen molar-refractivity contribution < 1.29 is 48.3 Å². The highest BCUT2D eigenvalue weighted by Gasteiger charge is 2.38. The summed E-state index contributed by atoms with van der Waals surface area (Å²) >= 11 is 0. The molecule has 1 saturated heterocycles. The number of amides is 9. The van der Waals surface area contributed by atoms with Crippen LogP contribution in [0.5, 0.6) is 0 Å². The molecule has 11 atom stereocenters. The van der Waals surface area contributed by atoms with E-state index in [-0.39, 0.29) is 80.9 Å². The fourth-order valence-electron chi connectivity index (χ4n) is 10.8. The molecule has 1 aromatic heterocycles. The van der Waals surface area contributed by atoms with E-state index in [0.717, 1.165) is 62.5 Å². The topological polar surface area (TPSA) is 347 Å². The summed E-state index contributed by atoms with van der Waals surface area (Å²) in [5.74, 6) is -4.52. The van der Waals surface area contributed by atoms with Gasteiger partial charge in [0, 0.05) is 66.7 Å². The minimum Gasteiger partial charge on any atom is -0.388 e. The van der Waals surface area contributed by atoms with Gasteiger partial charge in [-0.3, -0.25) is 48.5 Å². The van der Waals surface area contributed by atoms with Gasteiger partial charge >= 0.3 is 0 Å². The van der Waals surface area contributed by atoms with E-state index in [1.165, 1.54) is 41.0 Å². The molecule has 2 saturated carbocycles. The average Bonchev–Trinajstić information content (AvgIpc) is 4.21. The highest BCUT2D eigenvalue weighted by molar-refractivity contribution is 8.76. The number of aliphatic hydroxyl groups is 1. The van der Waals surface area contributed by atoms with Gasteiger partial charge in [0.1, 0.15) is 36.4 Å². The summed E-state index contributed by atoms with van der Waals surface area (Å²) in [7, 11) is 2.86. The molecule has 2 aliphatic carbocycles. The van der Waals surface area contributed by atoms with Gasteiger partial charge in [0.05, 0.1) is 32.0 Å². The Kier molecular flexibility index (Phi) is 24.6. The second-order valence-corrected chi connectivity index (χ2v) is 24.7. The Morgan fingerprint density at radius 3 is 1.77 bits per heavy atom. The van der Waals surface area contributed by atoms with Gasteiger partial charge in [0.15, 0.2) is 0 Å². The van der Waals surface area contributed by atoms with Crippen LogP contribution in [-0.4, -0.2) is 160 Å². The molecule has 1 aromatic rings. The number of imidazole rings is 1. The number of rotatable bonds is 9. The van der Waals surface area contributed by atoms with E-state index in [1.807, 2.05) is 26.2 Å². The number of β-amino-alcohol motifs (C(OH)–C–C–N with tert-alkyl or cyclic N) is 1. The van der Waals surface area contributed by atoms with Gasteiger partial charge in [-0.25, -0.2) is 4.98 Å². The van der Waals surface area contributed by atoms with Crippen LogP contribution >= 0.6 is 21.6 Å². The van der Waals surface area contributed by atoms with Gasteiger partial charge in [-0.2, -0.15) is 0 Å². The maximum atomic E-state index is 14.4. The van der Waals surface area contributed by atoms with E-state index in [2.05, 4.69) is 73.8 Å². The van der Waals surface area contributed by atoms with Crippen LogP contribution in [0.2, 0.25) is 0 Å². The Morgan fingerprint density at radius 1 is 0.595 bits per heavy atom. The molecule has 0 bridgehead atoms. The van der Waals surface area contributed by atoms with Crippen LogP contribution in [0.15, 0.2) is 36.1 Å². The molecule has 14 N–H and O–H groups in total. The van der Waals surface area contributed by atoms with E-state index < -0.39 is 109 Å². The van der Waals surface area contributed by atoms with Crippen molar-refractivity contribution in [2.75, 3.05) is 37.7 Å². The van der Waals surface area contributed by atoms with Crippen LogP contribution < -0.4 is 63.8 Å². The second-order valence-electron chi connectivity index (χ2n) is 22.0. The molecule has 0 spiro atoms. The van der Waals surface area contributed by atoms with Crippen molar-refractivity contribution in [1.82, 2.24) is 73.8 Å². The minimum atomic E-state index is -1.46. The zero-order chi connectivity index (χ0) is 57.0. The molecule has 5 unspecified atom stereocenters. The molecular weight excluding hydrogens is 1060 g/mol. The first-order valence-corrected chi connectivity index (χ1v) is 30.5. The smallest absolute Gasteiger partial charge is 0.243 e. The molecule has 5 aliphatic rings. The number of aliphatic hydroxyl groups excluding tert-OH is 1. The Hall–Kier alpha value is -5.86. The van der Waals surface area contributed by atoms with Gasteiger partial charge in [0.2, 0.25) is 53.2 Å². The number of aromatic amines is 1. The number of carbonyl (C=O) groups excluding carboxylic acids is 9. The molecule has 6 rings (SSSR count). The zero-order valence-corrected chi connectivity index (χ0v) is 47.8. The molecule has 79 heavy (non-hydrogen) atoms. The minimum absolute atomic E-state index is 0.0557. The lowest BCUT2D eigenvalue weighted by atomic mass is 9.80. The molecule has 3 aliphatic heterocycles. The number of nitrogens with one attached hydrogen (secondary N) is 13. The van der Waals surface area contributed by atoms with E-state index in [4.69, 9.17) is 0 Å². The van der Waals surface area contributed by atoms with Crippen molar-refractivity contribution in [2.45, 2.75) is 173 Å². The number of H-pyrrole nitrogens is 1. The zero-order valence-electron chi connectivity index (χ0n) is 46.1. The van der Waals surface area contributed by atoms with Crippen molar-refractivity contribution in [1.29, 1.82) is 0 Å². The van der Waals surface area contributed by atoms with Crippen molar-refractivity contribution in [3.63, 3.8) is 0 Å². The summed E-state index contributed by atoms with van der Waals surface area (Å²) < 4.78 is 0. The Morgan fingerprint density at radius 2 is 1.15 bits per heavy atom. The van der Waals surface area contributed by atoms with Gasteiger partial charge in [-0.1, -0.05) is 75.0 Å². The highest BCUT2D eigenvalue weighted by Crippen LogP contribution is 2.37. The fourth-order valence-corrected chi connectivity index (χ4v) is 12.7. The van der Waals surface area contributed by atoms with Crippen LogP contribution in [-0.2, 0) is 49.6 Å². The van der Waals surface area contributed by atoms with Crippen LogP contribution in [0.4, 0.5) is 0 Å². The summed E-state index contributed by atoms with van der Waals surface area (Å²) in [6, 6.07) is -6.13. The van der Waals surface area contributed by atoms with Gasteiger partial charge in [-0.05, 0) is 87.3 Å². The first-order chi connectivity index (χ1) is 37.8. The maximum absolute atomic E-state index is 14.4. The van der Waals surface area contributed by atoms with Gasteiger partial charge in [-0.15, -0.1) is 0 Å². The Balaban J connectivity index is 1.16. The van der Waals surface area contributed by atoms with Gasteiger partial charge in [0.25, 0.3) is 0 Å². The lowest BCUT2D eigenvalue weighted by molar-refractivity contribution is -0.134.